The van der Waals surface area contributed by atoms with Gasteiger partial charge in [-0.3, -0.25) is 0 Å². The first-order valence-corrected chi connectivity index (χ1v) is 4.96. The van der Waals surface area contributed by atoms with E-state index in [2.05, 4.69) is 44.2 Å². The molecule has 0 aromatic heterocycles. The summed E-state index contributed by atoms with van der Waals surface area (Å²) in [7, 11) is 0. The molecule has 2 N–H and O–H groups in total. The van der Waals surface area contributed by atoms with E-state index in [4.69, 9.17) is 5.73 Å². The SMILES string of the molecule is CC(C)c1cccc2ccc(N)cc12. The Kier molecular flexibility index (Phi) is 2.16. The first kappa shape index (κ1) is 9.07. The summed E-state index contributed by atoms with van der Waals surface area (Å²) in [4.78, 5) is 0. The van der Waals surface area contributed by atoms with Crippen LogP contribution in [0.4, 0.5) is 5.69 Å². The lowest BCUT2D eigenvalue weighted by Gasteiger charge is -2.10. The molecule has 72 valence electrons. The average molecular weight is 185 g/mol. The normalized spacial score (nSPS) is 11.1. The summed E-state index contributed by atoms with van der Waals surface area (Å²) in [5, 5.41) is 2.55. The van der Waals surface area contributed by atoms with Crippen molar-refractivity contribution in [1.29, 1.82) is 0 Å². The van der Waals surface area contributed by atoms with E-state index in [0.717, 1.165) is 5.69 Å². The zero-order chi connectivity index (χ0) is 10.1. The van der Waals surface area contributed by atoms with Gasteiger partial charge in [-0.05, 0) is 34.4 Å². The zero-order valence-electron chi connectivity index (χ0n) is 8.62. The molecule has 2 aromatic carbocycles. The van der Waals surface area contributed by atoms with Crippen LogP contribution in [0.25, 0.3) is 10.8 Å². The van der Waals surface area contributed by atoms with Crippen molar-refractivity contribution in [3.8, 4) is 0 Å². The van der Waals surface area contributed by atoms with Crippen molar-refractivity contribution in [3.05, 3.63) is 42.0 Å². The van der Waals surface area contributed by atoms with E-state index in [9.17, 15) is 0 Å². The summed E-state index contributed by atoms with van der Waals surface area (Å²) in [6.07, 6.45) is 0. The Labute approximate surface area is 84.5 Å². The number of anilines is 1. The molecule has 0 heterocycles. The van der Waals surface area contributed by atoms with Crippen molar-refractivity contribution in [1.82, 2.24) is 0 Å². The highest BCUT2D eigenvalue weighted by Crippen LogP contribution is 2.26. The van der Waals surface area contributed by atoms with Gasteiger partial charge in [0.05, 0.1) is 0 Å². The van der Waals surface area contributed by atoms with E-state index in [1.165, 1.54) is 16.3 Å². The lowest BCUT2D eigenvalue weighted by Crippen LogP contribution is -1.91. The van der Waals surface area contributed by atoms with Crippen LogP contribution in [-0.4, -0.2) is 0 Å². The van der Waals surface area contributed by atoms with Gasteiger partial charge in [0.2, 0.25) is 0 Å². The third kappa shape index (κ3) is 1.46. The molecule has 0 aliphatic carbocycles. The van der Waals surface area contributed by atoms with Gasteiger partial charge in [-0.15, -0.1) is 0 Å². The van der Waals surface area contributed by atoms with E-state index < -0.39 is 0 Å². The second-order valence-corrected chi connectivity index (χ2v) is 3.98. The molecular weight excluding hydrogens is 170 g/mol. The van der Waals surface area contributed by atoms with E-state index in [1.54, 1.807) is 0 Å². The van der Waals surface area contributed by atoms with Gasteiger partial charge in [0.25, 0.3) is 0 Å². The van der Waals surface area contributed by atoms with Crippen molar-refractivity contribution in [3.63, 3.8) is 0 Å². The number of nitrogen functional groups attached to an aromatic ring is 1. The molecule has 1 nitrogen and oxygen atoms in total. The molecule has 0 saturated carbocycles. The molecule has 1 heteroatoms. The van der Waals surface area contributed by atoms with Crippen LogP contribution in [0.1, 0.15) is 25.3 Å². The average Bonchev–Trinajstić information content (AvgIpc) is 2.16. The van der Waals surface area contributed by atoms with Gasteiger partial charge in [0, 0.05) is 5.69 Å². The van der Waals surface area contributed by atoms with Crippen molar-refractivity contribution in [2.24, 2.45) is 0 Å². The van der Waals surface area contributed by atoms with Gasteiger partial charge in [-0.25, -0.2) is 0 Å². The summed E-state index contributed by atoms with van der Waals surface area (Å²) in [5.74, 6) is 0.542. The van der Waals surface area contributed by atoms with Crippen molar-refractivity contribution in [2.45, 2.75) is 19.8 Å². The first-order chi connectivity index (χ1) is 6.68. The fourth-order valence-corrected chi connectivity index (χ4v) is 1.82. The van der Waals surface area contributed by atoms with Crippen LogP contribution >= 0.6 is 0 Å². The topological polar surface area (TPSA) is 26.0 Å². The van der Waals surface area contributed by atoms with Gasteiger partial charge in [0.1, 0.15) is 0 Å². The summed E-state index contributed by atoms with van der Waals surface area (Å²) < 4.78 is 0. The number of benzene rings is 2. The molecule has 2 aromatic rings. The minimum Gasteiger partial charge on any atom is -0.399 e. The fourth-order valence-electron chi connectivity index (χ4n) is 1.82. The summed E-state index contributed by atoms with van der Waals surface area (Å²) in [6.45, 7) is 4.41. The Balaban J connectivity index is 2.77. The Morgan fingerprint density at radius 1 is 1.07 bits per heavy atom. The van der Waals surface area contributed by atoms with Gasteiger partial charge in [-0.2, -0.15) is 0 Å². The molecule has 0 aliphatic heterocycles. The molecule has 0 radical (unpaired) electrons. The molecular formula is C13H15N. The van der Waals surface area contributed by atoms with Crippen molar-refractivity contribution in [2.75, 3.05) is 5.73 Å². The Morgan fingerprint density at radius 3 is 2.57 bits per heavy atom. The number of rotatable bonds is 1. The minimum atomic E-state index is 0.542. The minimum absolute atomic E-state index is 0.542. The van der Waals surface area contributed by atoms with E-state index in [0.29, 0.717) is 5.92 Å². The molecule has 0 saturated heterocycles. The van der Waals surface area contributed by atoms with Crippen LogP contribution in [0.3, 0.4) is 0 Å². The maximum atomic E-state index is 5.79. The molecule has 0 unspecified atom stereocenters. The summed E-state index contributed by atoms with van der Waals surface area (Å²) >= 11 is 0. The zero-order valence-corrected chi connectivity index (χ0v) is 8.62. The van der Waals surface area contributed by atoms with Crippen LogP contribution in [0.2, 0.25) is 0 Å². The molecule has 0 amide bonds. The highest BCUT2D eigenvalue weighted by Gasteiger charge is 2.04. The van der Waals surface area contributed by atoms with Gasteiger partial charge < -0.3 is 5.73 Å². The number of fused-ring (bicyclic) bond motifs is 1. The molecule has 0 atom stereocenters. The molecule has 0 spiro atoms. The highest BCUT2D eigenvalue weighted by atomic mass is 14.5. The lowest BCUT2D eigenvalue weighted by molar-refractivity contribution is 0.876. The molecule has 0 fully saturated rings. The lowest BCUT2D eigenvalue weighted by atomic mass is 9.96. The first-order valence-electron chi connectivity index (χ1n) is 4.96. The van der Waals surface area contributed by atoms with Gasteiger partial charge in [0.15, 0.2) is 0 Å². The number of hydrogen-bond donors (Lipinski definition) is 1. The summed E-state index contributed by atoms with van der Waals surface area (Å²) in [5.41, 5.74) is 8.00. The molecule has 0 aliphatic rings. The number of hydrogen-bond acceptors (Lipinski definition) is 1. The smallest absolute Gasteiger partial charge is 0.0320 e. The van der Waals surface area contributed by atoms with Crippen LogP contribution < -0.4 is 5.73 Å². The second-order valence-electron chi connectivity index (χ2n) is 3.98. The van der Waals surface area contributed by atoms with E-state index in [-0.39, 0.29) is 0 Å². The molecule has 14 heavy (non-hydrogen) atoms. The number of nitrogens with two attached hydrogens (primary N) is 1. The van der Waals surface area contributed by atoms with Crippen LogP contribution in [0, 0.1) is 0 Å². The van der Waals surface area contributed by atoms with Gasteiger partial charge in [-0.1, -0.05) is 38.1 Å². The Morgan fingerprint density at radius 2 is 1.86 bits per heavy atom. The third-order valence-corrected chi connectivity index (χ3v) is 2.56. The maximum Gasteiger partial charge on any atom is 0.0320 e. The highest BCUT2D eigenvalue weighted by molar-refractivity contribution is 5.88. The quantitative estimate of drug-likeness (QED) is 0.675. The van der Waals surface area contributed by atoms with Crippen LogP contribution in [0.15, 0.2) is 36.4 Å². The van der Waals surface area contributed by atoms with Crippen molar-refractivity contribution >= 4 is 16.5 Å². The van der Waals surface area contributed by atoms with Crippen LogP contribution in [-0.2, 0) is 0 Å². The molecule has 2 rings (SSSR count). The standard InChI is InChI=1S/C13H15N/c1-9(2)12-5-3-4-10-6-7-11(14)8-13(10)12/h3-9H,14H2,1-2H3. The largest absolute Gasteiger partial charge is 0.399 e. The summed E-state index contributed by atoms with van der Waals surface area (Å²) in [6, 6.07) is 12.5. The third-order valence-electron chi connectivity index (χ3n) is 2.56. The fraction of sp³-hybridized carbons (Fsp3) is 0.231. The predicted molar refractivity (Wildman–Crippen MR) is 62.4 cm³/mol. The van der Waals surface area contributed by atoms with Crippen molar-refractivity contribution < 1.29 is 0 Å². The van der Waals surface area contributed by atoms with E-state index in [1.807, 2.05) is 6.07 Å². The van der Waals surface area contributed by atoms with Crippen LogP contribution in [0.5, 0.6) is 0 Å². The Hall–Kier alpha value is -1.50. The van der Waals surface area contributed by atoms with E-state index >= 15 is 0 Å². The molecule has 0 bridgehead atoms. The second kappa shape index (κ2) is 3.33. The predicted octanol–water partition coefficient (Wildman–Crippen LogP) is 3.55. The monoisotopic (exact) mass is 185 g/mol. The van der Waals surface area contributed by atoms with Gasteiger partial charge >= 0.3 is 0 Å². The maximum absolute atomic E-state index is 5.79. The Bertz CT molecular complexity index is 458.